The van der Waals surface area contributed by atoms with Gasteiger partial charge in [0.25, 0.3) is 0 Å². The van der Waals surface area contributed by atoms with Crippen LogP contribution in [0.25, 0.3) is 0 Å². The number of benzene rings is 1. The van der Waals surface area contributed by atoms with Crippen molar-refractivity contribution in [3.8, 4) is 5.75 Å². The quantitative estimate of drug-likeness (QED) is 0.816. The predicted molar refractivity (Wildman–Crippen MR) is 81.2 cm³/mol. The van der Waals surface area contributed by atoms with Gasteiger partial charge in [-0.25, -0.2) is 4.98 Å². The summed E-state index contributed by atoms with van der Waals surface area (Å²) in [7, 11) is 0. The van der Waals surface area contributed by atoms with Crippen molar-refractivity contribution in [2.45, 2.75) is 31.8 Å². The number of ether oxygens (including phenoxy) is 1. The van der Waals surface area contributed by atoms with Crippen LogP contribution < -0.4 is 4.74 Å². The fourth-order valence-electron chi connectivity index (χ4n) is 2.90. The summed E-state index contributed by atoms with van der Waals surface area (Å²) < 4.78 is 7.75. The average Bonchev–Trinajstić information content (AvgIpc) is 3.03. The summed E-state index contributed by atoms with van der Waals surface area (Å²) in [5.74, 6) is 0.947. The van der Waals surface area contributed by atoms with Crippen LogP contribution in [0.5, 0.6) is 5.75 Å². The van der Waals surface area contributed by atoms with E-state index in [1.807, 2.05) is 35.0 Å². The Balaban J connectivity index is 1.50. The SMILES string of the molecule is c1ccc(OCCN2CCCC[C@@H]2Cn2cncn2)cc1. The van der Waals surface area contributed by atoms with E-state index >= 15 is 0 Å². The first-order chi connectivity index (χ1) is 10.4. The maximum Gasteiger partial charge on any atom is 0.137 e. The zero-order valence-corrected chi connectivity index (χ0v) is 12.3. The number of likely N-dealkylation sites (tertiary alicyclic amines) is 1. The summed E-state index contributed by atoms with van der Waals surface area (Å²) in [6.07, 6.45) is 7.21. The Hall–Kier alpha value is -1.88. The van der Waals surface area contributed by atoms with E-state index < -0.39 is 0 Å². The van der Waals surface area contributed by atoms with Gasteiger partial charge < -0.3 is 4.74 Å². The fraction of sp³-hybridized carbons (Fsp3) is 0.500. The minimum atomic E-state index is 0.542. The molecule has 0 saturated carbocycles. The summed E-state index contributed by atoms with van der Waals surface area (Å²) >= 11 is 0. The molecule has 1 saturated heterocycles. The third-order valence-electron chi connectivity index (χ3n) is 4.00. The Morgan fingerprint density at radius 3 is 2.90 bits per heavy atom. The lowest BCUT2D eigenvalue weighted by Crippen LogP contribution is -2.44. The maximum absolute atomic E-state index is 5.82. The smallest absolute Gasteiger partial charge is 0.137 e. The van der Waals surface area contributed by atoms with Crippen molar-refractivity contribution in [1.29, 1.82) is 0 Å². The Labute approximate surface area is 125 Å². The number of hydrogen-bond donors (Lipinski definition) is 0. The van der Waals surface area contributed by atoms with E-state index in [2.05, 4.69) is 15.0 Å². The molecule has 21 heavy (non-hydrogen) atoms. The Morgan fingerprint density at radius 2 is 2.10 bits per heavy atom. The summed E-state index contributed by atoms with van der Waals surface area (Å²) in [4.78, 5) is 6.55. The molecule has 1 aromatic carbocycles. The van der Waals surface area contributed by atoms with Crippen molar-refractivity contribution in [3.05, 3.63) is 43.0 Å². The van der Waals surface area contributed by atoms with Gasteiger partial charge in [-0.1, -0.05) is 24.6 Å². The highest BCUT2D eigenvalue weighted by atomic mass is 16.5. The second-order valence-corrected chi connectivity index (χ2v) is 5.46. The molecule has 5 heteroatoms. The lowest BCUT2D eigenvalue weighted by atomic mass is 10.0. The molecule has 0 N–H and O–H groups in total. The largest absolute Gasteiger partial charge is 0.492 e. The second-order valence-electron chi connectivity index (χ2n) is 5.46. The van der Waals surface area contributed by atoms with Gasteiger partial charge >= 0.3 is 0 Å². The van der Waals surface area contributed by atoms with Crippen molar-refractivity contribution in [3.63, 3.8) is 0 Å². The molecule has 0 radical (unpaired) electrons. The van der Waals surface area contributed by atoms with Gasteiger partial charge in [-0.15, -0.1) is 0 Å². The highest BCUT2D eigenvalue weighted by Crippen LogP contribution is 2.18. The van der Waals surface area contributed by atoms with Crippen molar-refractivity contribution < 1.29 is 4.74 Å². The van der Waals surface area contributed by atoms with Gasteiger partial charge in [0.2, 0.25) is 0 Å². The Morgan fingerprint density at radius 1 is 1.19 bits per heavy atom. The van der Waals surface area contributed by atoms with E-state index in [9.17, 15) is 0 Å². The molecule has 0 bridgehead atoms. The van der Waals surface area contributed by atoms with Crippen molar-refractivity contribution >= 4 is 0 Å². The maximum atomic E-state index is 5.82. The summed E-state index contributed by atoms with van der Waals surface area (Å²) in [6, 6.07) is 10.6. The topological polar surface area (TPSA) is 43.2 Å². The molecule has 1 aliphatic rings. The van der Waals surface area contributed by atoms with Gasteiger partial charge in [-0.05, 0) is 31.5 Å². The number of hydrogen-bond acceptors (Lipinski definition) is 4. The molecule has 1 aliphatic heterocycles. The van der Waals surface area contributed by atoms with Gasteiger partial charge in [0.1, 0.15) is 25.0 Å². The van der Waals surface area contributed by atoms with E-state index in [-0.39, 0.29) is 0 Å². The molecule has 0 unspecified atom stereocenters. The third-order valence-corrected chi connectivity index (χ3v) is 4.00. The van der Waals surface area contributed by atoms with Crippen molar-refractivity contribution in [1.82, 2.24) is 19.7 Å². The van der Waals surface area contributed by atoms with Crippen LogP contribution in [0, 0.1) is 0 Å². The van der Waals surface area contributed by atoms with Crippen LogP contribution in [0.1, 0.15) is 19.3 Å². The van der Waals surface area contributed by atoms with Gasteiger partial charge in [0.15, 0.2) is 0 Å². The van der Waals surface area contributed by atoms with Crippen LogP contribution in [-0.2, 0) is 6.54 Å². The number of aromatic nitrogens is 3. The third kappa shape index (κ3) is 4.04. The monoisotopic (exact) mass is 286 g/mol. The highest BCUT2D eigenvalue weighted by Gasteiger charge is 2.22. The zero-order chi connectivity index (χ0) is 14.3. The standard InChI is InChI=1S/C16H22N4O/c1-2-7-16(8-3-1)21-11-10-19-9-5-4-6-15(19)12-20-14-17-13-18-20/h1-3,7-8,13-15H,4-6,9-12H2/t15-/m1/s1. The van der Waals surface area contributed by atoms with Crippen LogP contribution in [0.15, 0.2) is 43.0 Å². The minimum absolute atomic E-state index is 0.542. The average molecular weight is 286 g/mol. The molecule has 0 spiro atoms. The first kappa shape index (κ1) is 14.1. The van der Waals surface area contributed by atoms with Crippen LogP contribution in [0.3, 0.4) is 0 Å². The van der Waals surface area contributed by atoms with E-state index in [0.29, 0.717) is 6.04 Å². The first-order valence-electron chi connectivity index (χ1n) is 7.66. The lowest BCUT2D eigenvalue weighted by Gasteiger charge is -2.35. The highest BCUT2D eigenvalue weighted by molar-refractivity contribution is 5.20. The van der Waals surface area contributed by atoms with Crippen molar-refractivity contribution in [2.24, 2.45) is 0 Å². The molecule has 0 amide bonds. The fourth-order valence-corrected chi connectivity index (χ4v) is 2.90. The van der Waals surface area contributed by atoms with Gasteiger partial charge in [0.05, 0.1) is 6.54 Å². The summed E-state index contributed by atoms with van der Waals surface area (Å²) in [5.41, 5.74) is 0. The van der Waals surface area contributed by atoms with Crippen LogP contribution >= 0.6 is 0 Å². The molecule has 1 aromatic heterocycles. The molecule has 2 heterocycles. The van der Waals surface area contributed by atoms with E-state index in [1.54, 1.807) is 12.7 Å². The van der Waals surface area contributed by atoms with Crippen LogP contribution in [-0.4, -0.2) is 45.4 Å². The van der Waals surface area contributed by atoms with Crippen LogP contribution in [0.2, 0.25) is 0 Å². The molecule has 5 nitrogen and oxygen atoms in total. The molecular weight excluding hydrogens is 264 g/mol. The Kier molecular flexibility index (Phi) is 4.84. The van der Waals surface area contributed by atoms with Gasteiger partial charge in [0, 0.05) is 12.6 Å². The molecular formula is C16H22N4O. The van der Waals surface area contributed by atoms with Gasteiger partial charge in [-0.2, -0.15) is 5.10 Å². The normalized spacial score (nSPS) is 19.5. The molecule has 0 aliphatic carbocycles. The molecule has 2 aromatic rings. The number of nitrogens with zero attached hydrogens (tertiary/aromatic N) is 4. The number of para-hydroxylation sites is 1. The molecule has 1 atom stereocenters. The molecule has 3 rings (SSSR count). The van der Waals surface area contributed by atoms with Crippen molar-refractivity contribution in [2.75, 3.05) is 19.7 Å². The van der Waals surface area contributed by atoms with Gasteiger partial charge in [-0.3, -0.25) is 9.58 Å². The van der Waals surface area contributed by atoms with E-state index in [0.717, 1.165) is 32.0 Å². The molecule has 1 fully saturated rings. The molecule has 112 valence electrons. The number of rotatable bonds is 6. The Bertz CT molecular complexity index is 514. The second kappa shape index (κ2) is 7.22. The van der Waals surface area contributed by atoms with Crippen LogP contribution in [0.4, 0.5) is 0 Å². The predicted octanol–water partition coefficient (Wildman–Crippen LogP) is 2.21. The van der Waals surface area contributed by atoms with E-state index in [4.69, 9.17) is 4.74 Å². The minimum Gasteiger partial charge on any atom is -0.492 e. The van der Waals surface area contributed by atoms with E-state index in [1.165, 1.54) is 19.3 Å². The number of piperidine rings is 1. The first-order valence-corrected chi connectivity index (χ1v) is 7.66. The summed E-state index contributed by atoms with van der Waals surface area (Å²) in [5, 5.41) is 4.22. The zero-order valence-electron chi connectivity index (χ0n) is 12.3. The summed E-state index contributed by atoms with van der Waals surface area (Å²) in [6.45, 7) is 3.77. The lowest BCUT2D eigenvalue weighted by molar-refractivity contribution is 0.109.